The first-order chi connectivity index (χ1) is 14.6. The van der Waals surface area contributed by atoms with Crippen molar-refractivity contribution in [2.45, 2.75) is 58.3 Å². The van der Waals surface area contributed by atoms with Crippen LogP contribution in [0.25, 0.3) is 10.4 Å². The van der Waals surface area contributed by atoms with Gasteiger partial charge in [0.25, 0.3) is 0 Å². The molecular formula is C23H33N5OS. The maximum absolute atomic E-state index is 10.6. The molecule has 1 heterocycles. The largest absolute Gasteiger partial charge is 0.385 e. The Kier molecular flexibility index (Phi) is 8.30. The van der Waals surface area contributed by atoms with Gasteiger partial charge in [-0.15, -0.1) is 11.3 Å². The van der Waals surface area contributed by atoms with E-state index in [1.54, 1.807) is 11.3 Å². The van der Waals surface area contributed by atoms with Gasteiger partial charge in [0.2, 0.25) is 0 Å². The first-order valence-corrected chi connectivity index (χ1v) is 11.7. The predicted molar refractivity (Wildman–Crippen MR) is 127 cm³/mol. The van der Waals surface area contributed by atoms with Gasteiger partial charge in [0.1, 0.15) is 5.82 Å². The normalized spacial score (nSPS) is 15.6. The number of hydrogen-bond acceptors (Lipinski definition) is 7. The fraction of sp³-hybridized carbons (Fsp3) is 0.435. The monoisotopic (exact) mass is 427 g/mol. The molecule has 2 aromatic rings. The molecule has 0 bridgehead atoms. The number of nitrogens with one attached hydrogen (secondary N) is 2. The Morgan fingerprint density at radius 2 is 2.10 bits per heavy atom. The van der Waals surface area contributed by atoms with E-state index < -0.39 is 0 Å². The molecule has 0 spiro atoms. The van der Waals surface area contributed by atoms with Gasteiger partial charge in [0, 0.05) is 29.9 Å². The second-order valence-electron chi connectivity index (χ2n) is 7.54. The van der Waals surface area contributed by atoms with E-state index in [1.165, 1.54) is 37.1 Å². The lowest BCUT2D eigenvalue weighted by molar-refractivity contribution is 0.214. The van der Waals surface area contributed by atoms with E-state index in [9.17, 15) is 5.21 Å². The lowest BCUT2D eigenvalue weighted by Crippen LogP contribution is -2.35. The number of nitrogens with two attached hydrogens (primary N) is 1. The first-order valence-electron chi connectivity index (χ1n) is 10.8. The van der Waals surface area contributed by atoms with E-state index >= 15 is 0 Å². The van der Waals surface area contributed by atoms with Crippen LogP contribution in [-0.4, -0.2) is 16.7 Å². The average Bonchev–Trinajstić information content (AvgIpc) is 3.25. The topological polar surface area (TPSA) is 86.4 Å². The zero-order valence-electron chi connectivity index (χ0n) is 17.9. The Morgan fingerprint density at radius 1 is 1.30 bits per heavy atom. The molecule has 0 unspecified atom stereocenters. The Bertz CT molecular complexity index is 870. The maximum atomic E-state index is 10.6. The predicted octanol–water partition coefficient (Wildman–Crippen LogP) is 5.76. The molecule has 0 aliphatic heterocycles. The Labute approximate surface area is 183 Å². The summed E-state index contributed by atoms with van der Waals surface area (Å²) in [6.07, 6.45) is 15.1. The number of benzene rings is 1. The van der Waals surface area contributed by atoms with Crippen LogP contribution in [0.5, 0.6) is 0 Å². The van der Waals surface area contributed by atoms with E-state index in [-0.39, 0.29) is 0 Å². The van der Waals surface area contributed by atoms with Crippen LogP contribution in [0.15, 0.2) is 48.4 Å². The van der Waals surface area contributed by atoms with Crippen LogP contribution in [0.3, 0.4) is 0 Å². The zero-order chi connectivity index (χ0) is 21.3. The average molecular weight is 428 g/mol. The molecule has 1 aliphatic rings. The van der Waals surface area contributed by atoms with Gasteiger partial charge in [0.05, 0.1) is 15.6 Å². The highest BCUT2D eigenvalue weighted by Crippen LogP contribution is 2.40. The molecule has 30 heavy (non-hydrogen) atoms. The van der Waals surface area contributed by atoms with Gasteiger partial charge in [-0.25, -0.2) is 10.4 Å². The summed E-state index contributed by atoms with van der Waals surface area (Å²) in [4.78, 5) is 5.78. The quantitative estimate of drug-likeness (QED) is 0.301. The molecule has 162 valence electrons. The van der Waals surface area contributed by atoms with E-state index in [0.717, 1.165) is 27.7 Å². The second-order valence-corrected chi connectivity index (χ2v) is 8.60. The van der Waals surface area contributed by atoms with Crippen molar-refractivity contribution in [1.29, 1.82) is 0 Å². The third-order valence-electron chi connectivity index (χ3n) is 5.21. The van der Waals surface area contributed by atoms with Gasteiger partial charge in [-0.3, -0.25) is 5.21 Å². The molecule has 6 nitrogen and oxygen atoms in total. The molecule has 3 rings (SSSR count). The van der Waals surface area contributed by atoms with Crippen molar-refractivity contribution in [2.75, 3.05) is 17.0 Å². The molecule has 7 heteroatoms. The Hall–Kier alpha value is -2.35. The fourth-order valence-electron chi connectivity index (χ4n) is 3.69. The number of nitrogens with zero attached hydrogens (tertiary/aromatic N) is 2. The minimum atomic E-state index is 0.545. The maximum Gasteiger partial charge on any atom is 0.100 e. The minimum absolute atomic E-state index is 0.545. The highest BCUT2D eigenvalue weighted by Gasteiger charge is 2.21. The van der Waals surface area contributed by atoms with Gasteiger partial charge in [-0.1, -0.05) is 45.3 Å². The summed E-state index contributed by atoms with van der Waals surface area (Å²) in [6, 6.07) is 5.87. The fourth-order valence-corrected chi connectivity index (χ4v) is 4.82. The van der Waals surface area contributed by atoms with Crippen LogP contribution >= 0.6 is 11.3 Å². The van der Waals surface area contributed by atoms with Gasteiger partial charge in [-0.2, -0.15) is 5.17 Å². The van der Waals surface area contributed by atoms with Crippen molar-refractivity contribution in [3.05, 3.63) is 53.5 Å². The third kappa shape index (κ3) is 5.84. The Balaban J connectivity index is 1.87. The van der Waals surface area contributed by atoms with Gasteiger partial charge in [-0.05, 0) is 43.5 Å². The van der Waals surface area contributed by atoms with Crippen LogP contribution in [0.2, 0.25) is 0 Å². The number of hydrazine groups is 1. The van der Waals surface area contributed by atoms with Crippen molar-refractivity contribution in [2.24, 2.45) is 5.73 Å². The van der Waals surface area contributed by atoms with Crippen molar-refractivity contribution in [3.8, 4) is 10.4 Å². The third-order valence-corrected chi connectivity index (χ3v) is 6.41. The summed E-state index contributed by atoms with van der Waals surface area (Å²) in [6.45, 7) is 4.63. The molecule has 0 atom stereocenters. The van der Waals surface area contributed by atoms with Crippen LogP contribution < -0.4 is 21.6 Å². The highest BCUT2D eigenvalue weighted by molar-refractivity contribution is 7.15. The van der Waals surface area contributed by atoms with Gasteiger partial charge in [0.15, 0.2) is 0 Å². The molecule has 1 saturated carbocycles. The molecule has 1 aromatic carbocycles. The number of rotatable bonds is 9. The number of allylic oxidation sites excluding steroid dienone is 3. The Morgan fingerprint density at radius 3 is 2.83 bits per heavy atom. The lowest BCUT2D eigenvalue weighted by atomic mass is 9.90. The lowest BCUT2D eigenvalue weighted by Gasteiger charge is -2.21. The summed E-state index contributed by atoms with van der Waals surface area (Å²) in [7, 11) is 0. The molecule has 0 radical (unpaired) electrons. The highest BCUT2D eigenvalue weighted by atomic mass is 32.1. The SMILES string of the molecule is CC/C=C/C=C(\N)Nc1ccc(-c2cnc(C3CCCCC3)s2)c(N(O)NCC)c1. The van der Waals surface area contributed by atoms with Crippen LogP contribution in [0, 0.1) is 0 Å². The van der Waals surface area contributed by atoms with E-state index in [2.05, 4.69) is 17.7 Å². The van der Waals surface area contributed by atoms with E-state index in [4.69, 9.17) is 10.7 Å². The molecule has 5 N–H and O–H groups in total. The number of aromatic nitrogens is 1. The van der Waals surface area contributed by atoms with Crippen molar-refractivity contribution >= 4 is 22.7 Å². The van der Waals surface area contributed by atoms with Crippen molar-refractivity contribution in [1.82, 2.24) is 10.4 Å². The molecule has 0 amide bonds. The standard InChI is InChI=1S/C23H33N5OS/c1-3-5-7-12-22(24)27-18-13-14-19(20(15-18)28(29)26-4-2)21-16-25-23(30-21)17-10-8-6-9-11-17/h5,7,12-17,26-27,29H,3-4,6,8-11,24H2,1-2H3/b7-5+,22-12+. The van der Waals surface area contributed by atoms with E-state index in [0.29, 0.717) is 24.0 Å². The van der Waals surface area contributed by atoms with Crippen molar-refractivity contribution < 1.29 is 5.21 Å². The smallest absolute Gasteiger partial charge is 0.100 e. The molecule has 0 saturated heterocycles. The first kappa shape index (κ1) is 22.3. The number of anilines is 2. The summed E-state index contributed by atoms with van der Waals surface area (Å²) in [5.41, 5.74) is 11.4. The van der Waals surface area contributed by atoms with Crippen LogP contribution in [0.1, 0.15) is 63.3 Å². The minimum Gasteiger partial charge on any atom is -0.385 e. The summed E-state index contributed by atoms with van der Waals surface area (Å²) < 4.78 is 0. The van der Waals surface area contributed by atoms with Crippen molar-refractivity contribution in [3.63, 3.8) is 0 Å². The second kappa shape index (κ2) is 11.2. The number of thiazole rings is 1. The molecule has 1 fully saturated rings. The van der Waals surface area contributed by atoms with Crippen LogP contribution in [-0.2, 0) is 0 Å². The summed E-state index contributed by atoms with van der Waals surface area (Å²) in [5, 5.41) is 16.0. The van der Waals surface area contributed by atoms with E-state index in [1.807, 2.05) is 49.5 Å². The zero-order valence-corrected chi connectivity index (χ0v) is 18.7. The van der Waals surface area contributed by atoms with Gasteiger partial charge >= 0.3 is 0 Å². The molecular weight excluding hydrogens is 394 g/mol. The summed E-state index contributed by atoms with van der Waals surface area (Å²) in [5.74, 6) is 1.12. The molecule has 1 aromatic heterocycles. The van der Waals surface area contributed by atoms with Crippen LogP contribution in [0.4, 0.5) is 11.4 Å². The number of hydrogen-bond donors (Lipinski definition) is 4. The van der Waals surface area contributed by atoms with Gasteiger partial charge < -0.3 is 11.1 Å². The molecule has 1 aliphatic carbocycles. The summed E-state index contributed by atoms with van der Waals surface area (Å²) >= 11 is 1.73.